The zero-order chi connectivity index (χ0) is 9.84. The van der Waals surface area contributed by atoms with E-state index in [4.69, 9.17) is 32.7 Å². The van der Waals surface area contributed by atoms with Crippen LogP contribution in [0.5, 0.6) is 0 Å². The average Bonchev–Trinajstić information content (AvgIpc) is 2.10. The SMILES string of the molecule is COC(OC)c1ccc(Cl)cc1Cl. The molecular weight excluding hydrogens is 211 g/mol. The monoisotopic (exact) mass is 220 g/mol. The number of halogens is 2. The standard InChI is InChI=1S/C9H10Cl2O2/c1-12-9(13-2)7-4-3-6(10)5-8(7)11/h3-5,9H,1-2H3. The van der Waals surface area contributed by atoms with Crippen molar-refractivity contribution in [3.8, 4) is 0 Å². The number of methoxy groups -OCH3 is 2. The van der Waals surface area contributed by atoms with E-state index in [1.54, 1.807) is 32.4 Å². The second-order valence-corrected chi connectivity index (χ2v) is 3.31. The highest BCUT2D eigenvalue weighted by Gasteiger charge is 2.12. The third-order valence-corrected chi connectivity index (χ3v) is 2.21. The smallest absolute Gasteiger partial charge is 0.184 e. The van der Waals surface area contributed by atoms with Gasteiger partial charge in [0.1, 0.15) is 0 Å². The minimum Gasteiger partial charge on any atom is -0.352 e. The first-order valence-corrected chi connectivity index (χ1v) is 4.45. The van der Waals surface area contributed by atoms with Crippen LogP contribution >= 0.6 is 23.2 Å². The molecule has 0 N–H and O–H groups in total. The fourth-order valence-electron chi connectivity index (χ4n) is 1.04. The zero-order valence-corrected chi connectivity index (χ0v) is 8.89. The van der Waals surface area contributed by atoms with Crippen molar-refractivity contribution in [3.63, 3.8) is 0 Å². The Morgan fingerprint density at radius 1 is 1.15 bits per heavy atom. The Kier molecular flexibility index (Phi) is 4.00. The molecule has 1 aromatic carbocycles. The van der Waals surface area contributed by atoms with Gasteiger partial charge in [-0.2, -0.15) is 0 Å². The summed E-state index contributed by atoms with van der Waals surface area (Å²) < 4.78 is 10.1. The summed E-state index contributed by atoms with van der Waals surface area (Å²) in [6.07, 6.45) is -0.440. The Morgan fingerprint density at radius 2 is 1.77 bits per heavy atom. The van der Waals surface area contributed by atoms with Gasteiger partial charge < -0.3 is 9.47 Å². The molecular formula is C9H10Cl2O2. The molecule has 0 aliphatic carbocycles. The van der Waals surface area contributed by atoms with Crippen molar-refractivity contribution in [3.05, 3.63) is 33.8 Å². The summed E-state index contributed by atoms with van der Waals surface area (Å²) in [4.78, 5) is 0. The molecule has 0 amide bonds. The molecule has 0 bridgehead atoms. The van der Waals surface area contributed by atoms with Crippen molar-refractivity contribution >= 4 is 23.2 Å². The molecule has 2 nitrogen and oxygen atoms in total. The number of benzene rings is 1. The Hall–Kier alpha value is -0.280. The zero-order valence-electron chi connectivity index (χ0n) is 7.38. The highest BCUT2D eigenvalue weighted by atomic mass is 35.5. The van der Waals surface area contributed by atoms with Gasteiger partial charge in [0.2, 0.25) is 0 Å². The molecule has 0 unspecified atom stereocenters. The minimum absolute atomic E-state index is 0.440. The van der Waals surface area contributed by atoms with E-state index >= 15 is 0 Å². The second kappa shape index (κ2) is 4.82. The summed E-state index contributed by atoms with van der Waals surface area (Å²) in [7, 11) is 3.11. The topological polar surface area (TPSA) is 18.5 Å². The van der Waals surface area contributed by atoms with Crippen LogP contribution in [-0.4, -0.2) is 14.2 Å². The Morgan fingerprint density at radius 3 is 2.23 bits per heavy atom. The van der Waals surface area contributed by atoms with E-state index in [1.807, 2.05) is 0 Å². The van der Waals surface area contributed by atoms with E-state index in [9.17, 15) is 0 Å². The predicted molar refractivity (Wildman–Crippen MR) is 53.2 cm³/mol. The summed E-state index contributed by atoms with van der Waals surface area (Å²) in [5.74, 6) is 0. The van der Waals surface area contributed by atoms with Crippen LogP contribution in [0.25, 0.3) is 0 Å². The fourth-order valence-corrected chi connectivity index (χ4v) is 1.54. The lowest BCUT2D eigenvalue weighted by Crippen LogP contribution is -2.03. The third kappa shape index (κ3) is 2.58. The predicted octanol–water partition coefficient (Wildman–Crippen LogP) is 3.28. The number of rotatable bonds is 3. The van der Waals surface area contributed by atoms with Crippen LogP contribution in [0.3, 0.4) is 0 Å². The van der Waals surface area contributed by atoms with Gasteiger partial charge in [0.05, 0.1) is 5.02 Å². The van der Waals surface area contributed by atoms with Crippen LogP contribution < -0.4 is 0 Å². The molecule has 0 spiro atoms. The van der Waals surface area contributed by atoms with Gasteiger partial charge in [-0.15, -0.1) is 0 Å². The first kappa shape index (κ1) is 10.8. The number of ether oxygens (including phenoxy) is 2. The van der Waals surface area contributed by atoms with Gasteiger partial charge in [-0.25, -0.2) is 0 Å². The Balaban J connectivity index is 2.99. The van der Waals surface area contributed by atoms with E-state index in [1.165, 1.54) is 0 Å². The maximum absolute atomic E-state index is 5.94. The number of hydrogen-bond donors (Lipinski definition) is 0. The Labute approximate surface area is 87.4 Å². The second-order valence-electron chi connectivity index (χ2n) is 2.47. The maximum atomic E-state index is 5.94. The fraction of sp³-hybridized carbons (Fsp3) is 0.333. The van der Waals surface area contributed by atoms with Gasteiger partial charge >= 0.3 is 0 Å². The average molecular weight is 221 g/mol. The molecule has 13 heavy (non-hydrogen) atoms. The van der Waals surface area contributed by atoms with Gasteiger partial charge in [-0.3, -0.25) is 0 Å². The number of hydrogen-bond acceptors (Lipinski definition) is 2. The van der Waals surface area contributed by atoms with E-state index in [0.29, 0.717) is 10.0 Å². The van der Waals surface area contributed by atoms with Crippen molar-refractivity contribution in [1.29, 1.82) is 0 Å². The highest BCUT2D eigenvalue weighted by Crippen LogP contribution is 2.28. The lowest BCUT2D eigenvalue weighted by Gasteiger charge is -2.14. The molecule has 0 saturated carbocycles. The van der Waals surface area contributed by atoms with E-state index in [0.717, 1.165) is 5.56 Å². The molecule has 0 atom stereocenters. The van der Waals surface area contributed by atoms with Crippen LogP contribution in [0.2, 0.25) is 10.0 Å². The first-order valence-electron chi connectivity index (χ1n) is 3.69. The molecule has 0 heterocycles. The highest BCUT2D eigenvalue weighted by molar-refractivity contribution is 6.35. The molecule has 72 valence electrons. The van der Waals surface area contributed by atoms with Crippen LogP contribution in [0.1, 0.15) is 11.9 Å². The first-order chi connectivity index (χ1) is 6.19. The summed E-state index contributed by atoms with van der Waals surface area (Å²) in [5.41, 5.74) is 0.774. The molecule has 0 radical (unpaired) electrons. The summed E-state index contributed by atoms with van der Waals surface area (Å²) in [6.45, 7) is 0. The van der Waals surface area contributed by atoms with Crippen molar-refractivity contribution in [1.82, 2.24) is 0 Å². The molecule has 0 fully saturated rings. The van der Waals surface area contributed by atoms with Crippen molar-refractivity contribution in [2.75, 3.05) is 14.2 Å². The molecule has 0 aromatic heterocycles. The quantitative estimate of drug-likeness (QED) is 0.729. The van der Waals surface area contributed by atoms with Crippen LogP contribution in [0.15, 0.2) is 18.2 Å². The van der Waals surface area contributed by atoms with Crippen molar-refractivity contribution in [2.45, 2.75) is 6.29 Å². The van der Waals surface area contributed by atoms with Crippen LogP contribution in [-0.2, 0) is 9.47 Å². The summed E-state index contributed by atoms with van der Waals surface area (Å²) in [6, 6.07) is 5.18. The molecule has 4 heteroatoms. The van der Waals surface area contributed by atoms with E-state index in [2.05, 4.69) is 0 Å². The molecule has 1 aromatic rings. The van der Waals surface area contributed by atoms with Gasteiger partial charge in [-0.05, 0) is 12.1 Å². The van der Waals surface area contributed by atoms with Gasteiger partial charge in [0.15, 0.2) is 6.29 Å². The molecule has 1 rings (SSSR count). The lowest BCUT2D eigenvalue weighted by molar-refractivity contribution is -0.105. The summed E-state index contributed by atoms with van der Waals surface area (Å²) in [5, 5.41) is 1.14. The minimum atomic E-state index is -0.440. The van der Waals surface area contributed by atoms with Gasteiger partial charge in [0, 0.05) is 24.8 Å². The van der Waals surface area contributed by atoms with E-state index < -0.39 is 6.29 Å². The lowest BCUT2D eigenvalue weighted by atomic mass is 10.2. The molecule has 0 aliphatic heterocycles. The summed E-state index contributed by atoms with van der Waals surface area (Å²) >= 11 is 11.7. The third-order valence-electron chi connectivity index (χ3n) is 1.64. The van der Waals surface area contributed by atoms with Crippen molar-refractivity contribution < 1.29 is 9.47 Å². The van der Waals surface area contributed by atoms with E-state index in [-0.39, 0.29) is 0 Å². The van der Waals surface area contributed by atoms with Crippen LogP contribution in [0, 0.1) is 0 Å². The molecule has 0 saturated heterocycles. The maximum Gasteiger partial charge on any atom is 0.184 e. The normalized spacial score (nSPS) is 10.8. The van der Waals surface area contributed by atoms with Crippen molar-refractivity contribution in [2.24, 2.45) is 0 Å². The Bertz CT molecular complexity index is 285. The van der Waals surface area contributed by atoms with Gasteiger partial charge in [-0.1, -0.05) is 29.3 Å². The van der Waals surface area contributed by atoms with Crippen LogP contribution in [0.4, 0.5) is 0 Å². The molecule has 0 aliphatic rings. The largest absolute Gasteiger partial charge is 0.352 e. The van der Waals surface area contributed by atoms with Gasteiger partial charge in [0.25, 0.3) is 0 Å².